The Labute approximate surface area is 139 Å². The van der Waals surface area contributed by atoms with Gasteiger partial charge in [0.05, 0.1) is 7.11 Å². The first-order valence-corrected chi connectivity index (χ1v) is 8.89. The maximum absolute atomic E-state index is 12.0. The molecule has 126 valence electrons. The number of fused-ring (bicyclic) bond motifs is 1. The first-order valence-electron chi connectivity index (χ1n) is 8.89. The van der Waals surface area contributed by atoms with E-state index in [1.54, 1.807) is 0 Å². The van der Waals surface area contributed by atoms with Crippen LogP contribution in [0.5, 0.6) is 0 Å². The molecule has 4 nitrogen and oxygen atoms in total. The zero-order chi connectivity index (χ0) is 16.2. The first-order chi connectivity index (χ1) is 11.2. The highest BCUT2D eigenvalue weighted by Gasteiger charge is 2.29. The molecular weight excluding hydrogens is 288 g/mol. The van der Waals surface area contributed by atoms with E-state index in [1.807, 2.05) is 4.90 Å². The van der Waals surface area contributed by atoms with E-state index >= 15 is 0 Å². The molecule has 23 heavy (non-hydrogen) atoms. The second kappa shape index (κ2) is 7.35. The number of ether oxygens (including phenoxy) is 1. The molecule has 1 unspecified atom stereocenters. The number of methoxy groups -OCH3 is 1. The van der Waals surface area contributed by atoms with E-state index in [0.29, 0.717) is 6.54 Å². The molecule has 3 rings (SSSR count). The number of carbonyl (C=O) groups is 1. The summed E-state index contributed by atoms with van der Waals surface area (Å²) in [6.45, 7) is 6.33. The third-order valence-electron chi connectivity index (χ3n) is 5.24. The molecule has 1 aromatic rings. The van der Waals surface area contributed by atoms with Gasteiger partial charge in [0, 0.05) is 19.1 Å². The molecule has 0 radical (unpaired) electrons. The normalized spacial score (nSPS) is 21.8. The Morgan fingerprint density at radius 1 is 1.22 bits per heavy atom. The molecule has 0 N–H and O–H groups in total. The molecule has 1 saturated heterocycles. The number of nitrogens with zero attached hydrogens (tertiary/aromatic N) is 2. The fourth-order valence-electron chi connectivity index (χ4n) is 3.87. The molecule has 0 spiro atoms. The Balaban J connectivity index is 1.74. The minimum atomic E-state index is -0.208. The molecule has 1 aromatic carbocycles. The molecule has 0 aliphatic carbocycles. The minimum Gasteiger partial charge on any atom is -0.453 e. The Bertz CT molecular complexity index is 552. The number of benzene rings is 1. The number of hydrogen-bond acceptors (Lipinski definition) is 3. The van der Waals surface area contributed by atoms with Crippen molar-refractivity contribution in [3.63, 3.8) is 0 Å². The van der Waals surface area contributed by atoms with E-state index < -0.39 is 0 Å². The van der Waals surface area contributed by atoms with Gasteiger partial charge in [-0.3, -0.25) is 4.90 Å². The van der Waals surface area contributed by atoms with Gasteiger partial charge in [-0.25, -0.2) is 4.79 Å². The van der Waals surface area contributed by atoms with Crippen molar-refractivity contribution in [1.29, 1.82) is 0 Å². The van der Waals surface area contributed by atoms with Crippen LogP contribution in [0.15, 0.2) is 18.2 Å². The Kier molecular flexibility index (Phi) is 5.21. The molecule has 2 heterocycles. The monoisotopic (exact) mass is 316 g/mol. The van der Waals surface area contributed by atoms with Crippen molar-refractivity contribution >= 4 is 6.09 Å². The molecule has 1 amide bonds. The molecule has 2 aliphatic heterocycles. The van der Waals surface area contributed by atoms with Crippen LogP contribution in [0.3, 0.4) is 0 Å². The number of hydrogen-bond donors (Lipinski definition) is 0. The lowest BCUT2D eigenvalue weighted by Crippen LogP contribution is -2.44. The lowest BCUT2D eigenvalue weighted by Gasteiger charge is -2.36. The highest BCUT2D eigenvalue weighted by Crippen LogP contribution is 2.27. The standard InChI is InChI=1S/C19H28N2O2/c1-3-18-12-17-11-15(13-20-9-5-4-6-10-20)7-8-16(17)14-21(18)19(22)23-2/h7-8,11,18H,3-6,9-10,12-14H2,1-2H3. The van der Waals surface area contributed by atoms with Gasteiger partial charge in [0.1, 0.15) is 0 Å². The van der Waals surface area contributed by atoms with E-state index in [0.717, 1.165) is 19.4 Å². The van der Waals surface area contributed by atoms with E-state index in [1.165, 1.54) is 56.2 Å². The van der Waals surface area contributed by atoms with E-state index in [4.69, 9.17) is 4.74 Å². The Hall–Kier alpha value is -1.55. The summed E-state index contributed by atoms with van der Waals surface area (Å²) in [6.07, 6.45) is 5.73. The van der Waals surface area contributed by atoms with Gasteiger partial charge in [-0.05, 0) is 55.5 Å². The lowest BCUT2D eigenvalue weighted by molar-refractivity contribution is 0.0949. The summed E-state index contributed by atoms with van der Waals surface area (Å²) in [5, 5.41) is 0. The third kappa shape index (κ3) is 3.69. The number of rotatable bonds is 3. The SMILES string of the molecule is CCC1Cc2cc(CN3CCCCC3)ccc2CN1C(=O)OC. The van der Waals surface area contributed by atoms with Crippen molar-refractivity contribution in [2.24, 2.45) is 0 Å². The molecule has 0 saturated carbocycles. The molecule has 0 bridgehead atoms. The Morgan fingerprint density at radius 2 is 2.00 bits per heavy atom. The number of likely N-dealkylation sites (tertiary alicyclic amines) is 1. The lowest BCUT2D eigenvalue weighted by atomic mass is 9.91. The van der Waals surface area contributed by atoms with Gasteiger partial charge in [0.25, 0.3) is 0 Å². The summed E-state index contributed by atoms with van der Waals surface area (Å²) in [6, 6.07) is 7.05. The van der Waals surface area contributed by atoms with Crippen LogP contribution in [0.25, 0.3) is 0 Å². The van der Waals surface area contributed by atoms with Crippen molar-refractivity contribution in [2.75, 3.05) is 20.2 Å². The van der Waals surface area contributed by atoms with Gasteiger partial charge >= 0.3 is 6.09 Å². The van der Waals surface area contributed by atoms with Crippen LogP contribution in [0.4, 0.5) is 4.79 Å². The van der Waals surface area contributed by atoms with Gasteiger partial charge in [-0.2, -0.15) is 0 Å². The van der Waals surface area contributed by atoms with E-state index in [2.05, 4.69) is 30.0 Å². The van der Waals surface area contributed by atoms with Crippen LogP contribution < -0.4 is 0 Å². The van der Waals surface area contributed by atoms with Crippen LogP contribution >= 0.6 is 0 Å². The van der Waals surface area contributed by atoms with Crippen LogP contribution in [0.1, 0.15) is 49.3 Å². The zero-order valence-corrected chi connectivity index (χ0v) is 14.4. The highest BCUT2D eigenvalue weighted by molar-refractivity contribution is 5.68. The Morgan fingerprint density at radius 3 is 2.70 bits per heavy atom. The van der Waals surface area contributed by atoms with Crippen molar-refractivity contribution in [3.05, 3.63) is 34.9 Å². The van der Waals surface area contributed by atoms with Crippen molar-refractivity contribution in [1.82, 2.24) is 9.80 Å². The highest BCUT2D eigenvalue weighted by atomic mass is 16.5. The summed E-state index contributed by atoms with van der Waals surface area (Å²) < 4.78 is 4.94. The fourth-order valence-corrected chi connectivity index (χ4v) is 3.87. The van der Waals surface area contributed by atoms with Gasteiger partial charge in [0.15, 0.2) is 0 Å². The molecule has 4 heteroatoms. The van der Waals surface area contributed by atoms with Crippen LogP contribution in [0.2, 0.25) is 0 Å². The predicted molar refractivity (Wildman–Crippen MR) is 91.3 cm³/mol. The van der Waals surface area contributed by atoms with Crippen molar-refractivity contribution in [3.8, 4) is 0 Å². The summed E-state index contributed by atoms with van der Waals surface area (Å²) in [4.78, 5) is 16.4. The zero-order valence-electron chi connectivity index (χ0n) is 14.4. The van der Waals surface area contributed by atoms with Gasteiger partial charge < -0.3 is 9.64 Å². The molecule has 1 atom stereocenters. The summed E-state index contributed by atoms with van der Waals surface area (Å²) in [7, 11) is 1.46. The van der Waals surface area contributed by atoms with Crippen LogP contribution in [0, 0.1) is 0 Å². The van der Waals surface area contributed by atoms with E-state index in [9.17, 15) is 4.79 Å². The van der Waals surface area contributed by atoms with Crippen LogP contribution in [-0.4, -0.2) is 42.1 Å². The quantitative estimate of drug-likeness (QED) is 0.854. The fraction of sp³-hybridized carbons (Fsp3) is 0.632. The van der Waals surface area contributed by atoms with Crippen molar-refractivity contribution < 1.29 is 9.53 Å². The average Bonchev–Trinajstić information content (AvgIpc) is 2.60. The summed E-state index contributed by atoms with van der Waals surface area (Å²) >= 11 is 0. The van der Waals surface area contributed by atoms with E-state index in [-0.39, 0.29) is 12.1 Å². The van der Waals surface area contributed by atoms with Crippen LogP contribution in [-0.2, 0) is 24.2 Å². The molecular formula is C19H28N2O2. The topological polar surface area (TPSA) is 32.8 Å². The minimum absolute atomic E-state index is 0.208. The average molecular weight is 316 g/mol. The van der Waals surface area contributed by atoms with Gasteiger partial charge in [0.2, 0.25) is 0 Å². The number of amides is 1. The second-order valence-electron chi connectivity index (χ2n) is 6.80. The maximum Gasteiger partial charge on any atom is 0.410 e. The molecule has 0 aromatic heterocycles. The van der Waals surface area contributed by atoms with Gasteiger partial charge in [-0.1, -0.05) is 31.5 Å². The summed E-state index contributed by atoms with van der Waals surface area (Å²) in [5.74, 6) is 0. The second-order valence-corrected chi connectivity index (χ2v) is 6.80. The first kappa shape index (κ1) is 16.3. The smallest absolute Gasteiger partial charge is 0.410 e. The predicted octanol–water partition coefficient (Wildman–Crippen LogP) is 3.58. The number of carbonyl (C=O) groups excluding carboxylic acids is 1. The maximum atomic E-state index is 12.0. The summed E-state index contributed by atoms with van der Waals surface area (Å²) in [5.41, 5.74) is 4.08. The number of piperidine rings is 1. The van der Waals surface area contributed by atoms with Crippen molar-refractivity contribution in [2.45, 2.75) is 58.2 Å². The van der Waals surface area contributed by atoms with Gasteiger partial charge in [-0.15, -0.1) is 0 Å². The third-order valence-corrected chi connectivity index (χ3v) is 5.24. The molecule has 2 aliphatic rings. The largest absolute Gasteiger partial charge is 0.453 e. The molecule has 1 fully saturated rings.